The van der Waals surface area contributed by atoms with E-state index in [4.69, 9.17) is 4.74 Å². The number of nitrogens with zero attached hydrogens (tertiary/aromatic N) is 4. The molecule has 0 saturated carbocycles. The van der Waals surface area contributed by atoms with Crippen molar-refractivity contribution < 1.29 is 19.0 Å². The van der Waals surface area contributed by atoms with Crippen LogP contribution >= 0.6 is 0 Å². The van der Waals surface area contributed by atoms with E-state index >= 15 is 0 Å². The summed E-state index contributed by atoms with van der Waals surface area (Å²) >= 11 is 0. The predicted molar refractivity (Wildman–Crippen MR) is 113 cm³/mol. The van der Waals surface area contributed by atoms with E-state index in [0.717, 1.165) is 5.52 Å². The number of aromatic nitrogens is 4. The molecule has 0 fully saturated rings. The fraction of sp³-hybridized carbons (Fsp3) is 0.455. The van der Waals surface area contributed by atoms with Crippen molar-refractivity contribution in [3.8, 4) is 11.1 Å². The standard InChI is InChI=1S/C22H26FN5O3/c1-21(2,3)31-20(29)27-15-6-7-28-17-8-13(14(23)9-16(17)26-18(15)28)12-10-24-19(25-11-12)22(4,5)30/h8-11,15,30H,6-7H2,1-5H3,(H,27,29)/t15-/m1/s1. The van der Waals surface area contributed by atoms with Crippen molar-refractivity contribution in [3.05, 3.63) is 42.0 Å². The van der Waals surface area contributed by atoms with Gasteiger partial charge in [0.2, 0.25) is 0 Å². The van der Waals surface area contributed by atoms with Crippen molar-refractivity contribution >= 4 is 17.1 Å². The lowest BCUT2D eigenvalue weighted by Gasteiger charge is -2.21. The molecule has 8 nitrogen and oxygen atoms in total. The Kier molecular flexibility index (Phi) is 4.96. The third kappa shape index (κ3) is 4.23. The van der Waals surface area contributed by atoms with Crippen LogP contribution in [0, 0.1) is 5.82 Å². The van der Waals surface area contributed by atoms with Crippen LogP contribution in [-0.4, -0.2) is 36.3 Å². The summed E-state index contributed by atoms with van der Waals surface area (Å²) in [7, 11) is 0. The van der Waals surface area contributed by atoms with Crippen molar-refractivity contribution in [3.63, 3.8) is 0 Å². The SMILES string of the molecule is CC(C)(C)OC(=O)N[C@@H]1CCn2c1nc1cc(F)c(-c3cnc(C(C)(C)O)nc3)cc12. The van der Waals surface area contributed by atoms with Gasteiger partial charge in [0.1, 0.15) is 22.8 Å². The molecular formula is C22H26FN5O3. The number of aryl methyl sites for hydroxylation is 1. The van der Waals surface area contributed by atoms with Gasteiger partial charge in [0.05, 0.1) is 17.1 Å². The molecule has 1 atom stereocenters. The highest BCUT2D eigenvalue weighted by atomic mass is 19.1. The zero-order valence-corrected chi connectivity index (χ0v) is 18.2. The number of fused-ring (bicyclic) bond motifs is 3. The van der Waals surface area contributed by atoms with E-state index in [2.05, 4.69) is 20.3 Å². The molecule has 1 aromatic carbocycles. The second kappa shape index (κ2) is 7.26. The summed E-state index contributed by atoms with van der Waals surface area (Å²) in [5.41, 5.74) is 0.366. The number of carbonyl (C=O) groups is 1. The van der Waals surface area contributed by atoms with Gasteiger partial charge in [-0.1, -0.05) is 0 Å². The fourth-order valence-electron chi connectivity index (χ4n) is 3.64. The minimum absolute atomic E-state index is 0.263. The van der Waals surface area contributed by atoms with E-state index in [1.807, 2.05) is 4.57 Å². The molecule has 1 amide bonds. The Hall–Kier alpha value is -3.07. The average Bonchev–Trinajstić information content (AvgIpc) is 3.18. The first kappa shape index (κ1) is 21.2. The Labute approximate surface area is 179 Å². The van der Waals surface area contributed by atoms with E-state index in [-0.39, 0.29) is 11.9 Å². The lowest BCUT2D eigenvalue weighted by Crippen LogP contribution is -2.34. The van der Waals surface area contributed by atoms with Gasteiger partial charge in [-0.05, 0) is 47.1 Å². The molecule has 2 aromatic heterocycles. The van der Waals surface area contributed by atoms with Gasteiger partial charge in [0.15, 0.2) is 5.82 Å². The summed E-state index contributed by atoms with van der Waals surface area (Å²) in [6.07, 6.45) is 3.17. The number of halogens is 1. The molecule has 4 rings (SSSR count). The first-order valence-corrected chi connectivity index (χ1v) is 10.2. The number of hydrogen-bond donors (Lipinski definition) is 2. The third-order valence-electron chi connectivity index (χ3n) is 5.02. The Morgan fingerprint density at radius 3 is 2.52 bits per heavy atom. The molecule has 0 spiro atoms. The summed E-state index contributed by atoms with van der Waals surface area (Å²) in [6.45, 7) is 9.24. The molecule has 3 aromatic rings. The predicted octanol–water partition coefficient (Wildman–Crippen LogP) is 3.83. The van der Waals surface area contributed by atoms with E-state index in [9.17, 15) is 14.3 Å². The number of benzene rings is 1. The molecule has 31 heavy (non-hydrogen) atoms. The van der Waals surface area contributed by atoms with Crippen molar-refractivity contribution in [2.24, 2.45) is 0 Å². The maximum absolute atomic E-state index is 14.9. The van der Waals surface area contributed by atoms with E-state index < -0.39 is 23.1 Å². The lowest BCUT2D eigenvalue weighted by atomic mass is 10.1. The second-order valence-electron chi connectivity index (χ2n) is 9.28. The molecule has 2 N–H and O–H groups in total. The average molecular weight is 427 g/mol. The summed E-state index contributed by atoms with van der Waals surface area (Å²) < 4.78 is 22.2. The minimum atomic E-state index is -1.18. The van der Waals surface area contributed by atoms with Crippen LogP contribution in [0.4, 0.5) is 9.18 Å². The Bertz CT molecular complexity index is 1140. The molecule has 164 valence electrons. The van der Waals surface area contributed by atoms with Gasteiger partial charge >= 0.3 is 6.09 Å². The van der Waals surface area contributed by atoms with Gasteiger partial charge in [-0.3, -0.25) is 0 Å². The summed E-state index contributed by atoms with van der Waals surface area (Å²) in [5.74, 6) is 0.491. The van der Waals surface area contributed by atoms with Crippen LogP contribution in [0.25, 0.3) is 22.2 Å². The molecular weight excluding hydrogens is 401 g/mol. The molecule has 0 aliphatic carbocycles. The molecule has 0 bridgehead atoms. The molecule has 1 aliphatic heterocycles. The highest BCUT2D eigenvalue weighted by molar-refractivity contribution is 5.83. The number of aliphatic hydroxyl groups is 1. The normalized spacial score (nSPS) is 16.4. The number of imidazole rings is 1. The highest BCUT2D eigenvalue weighted by Gasteiger charge is 2.30. The lowest BCUT2D eigenvalue weighted by molar-refractivity contribution is 0.0502. The Balaban J connectivity index is 1.66. The van der Waals surface area contributed by atoms with Crippen LogP contribution in [-0.2, 0) is 16.9 Å². The maximum atomic E-state index is 14.9. The monoisotopic (exact) mass is 427 g/mol. The van der Waals surface area contributed by atoms with Gasteiger partial charge in [0, 0.05) is 36.1 Å². The molecule has 0 saturated heterocycles. The number of rotatable bonds is 3. The fourth-order valence-corrected chi connectivity index (χ4v) is 3.64. The van der Waals surface area contributed by atoms with Gasteiger partial charge in [0.25, 0.3) is 0 Å². The van der Waals surface area contributed by atoms with Crippen LogP contribution in [0.15, 0.2) is 24.5 Å². The van der Waals surface area contributed by atoms with Gasteiger partial charge < -0.3 is 19.7 Å². The topological polar surface area (TPSA) is 102 Å². The van der Waals surface area contributed by atoms with E-state index in [1.165, 1.54) is 18.5 Å². The summed E-state index contributed by atoms with van der Waals surface area (Å²) in [6, 6.07) is 2.80. The largest absolute Gasteiger partial charge is 0.444 e. The molecule has 0 radical (unpaired) electrons. The maximum Gasteiger partial charge on any atom is 0.408 e. The number of amides is 1. The van der Waals surface area contributed by atoms with Crippen LogP contribution in [0.5, 0.6) is 0 Å². The summed E-state index contributed by atoms with van der Waals surface area (Å²) in [4.78, 5) is 25.1. The van der Waals surface area contributed by atoms with Crippen LogP contribution in [0.1, 0.15) is 58.7 Å². The van der Waals surface area contributed by atoms with Crippen molar-refractivity contribution in [2.75, 3.05) is 0 Å². The van der Waals surface area contributed by atoms with E-state index in [0.29, 0.717) is 35.4 Å². The van der Waals surface area contributed by atoms with Gasteiger partial charge in [-0.25, -0.2) is 24.1 Å². The van der Waals surface area contributed by atoms with Crippen molar-refractivity contribution in [1.82, 2.24) is 24.8 Å². The number of carbonyl (C=O) groups excluding carboxylic acids is 1. The molecule has 0 unspecified atom stereocenters. The van der Waals surface area contributed by atoms with Crippen molar-refractivity contribution in [1.29, 1.82) is 0 Å². The van der Waals surface area contributed by atoms with Crippen molar-refractivity contribution in [2.45, 2.75) is 64.8 Å². The van der Waals surface area contributed by atoms with Crippen LogP contribution in [0.3, 0.4) is 0 Å². The molecule has 9 heteroatoms. The van der Waals surface area contributed by atoms with Crippen LogP contribution in [0.2, 0.25) is 0 Å². The smallest absolute Gasteiger partial charge is 0.408 e. The zero-order valence-electron chi connectivity index (χ0n) is 18.2. The number of alkyl carbamates (subject to hydrolysis) is 1. The van der Waals surface area contributed by atoms with Gasteiger partial charge in [-0.15, -0.1) is 0 Å². The number of ether oxygens (including phenoxy) is 1. The number of nitrogens with one attached hydrogen (secondary N) is 1. The molecule has 1 aliphatic rings. The second-order valence-corrected chi connectivity index (χ2v) is 9.28. The highest BCUT2D eigenvalue weighted by Crippen LogP contribution is 2.34. The zero-order chi connectivity index (χ0) is 22.6. The molecule has 3 heterocycles. The van der Waals surface area contributed by atoms with E-state index in [1.54, 1.807) is 40.7 Å². The number of hydrogen-bond acceptors (Lipinski definition) is 6. The third-order valence-corrected chi connectivity index (χ3v) is 5.02. The van der Waals surface area contributed by atoms with Gasteiger partial charge in [-0.2, -0.15) is 0 Å². The first-order valence-electron chi connectivity index (χ1n) is 10.2. The van der Waals surface area contributed by atoms with Crippen LogP contribution < -0.4 is 5.32 Å². The first-order chi connectivity index (χ1) is 14.4. The minimum Gasteiger partial charge on any atom is -0.444 e. The Morgan fingerprint density at radius 2 is 1.90 bits per heavy atom. The quantitative estimate of drug-likeness (QED) is 0.659. The Morgan fingerprint density at radius 1 is 1.23 bits per heavy atom. The summed E-state index contributed by atoms with van der Waals surface area (Å²) in [5, 5.41) is 12.9.